The molecule has 0 saturated carbocycles. The lowest BCUT2D eigenvalue weighted by Crippen LogP contribution is -2.18. The predicted molar refractivity (Wildman–Crippen MR) is 128 cm³/mol. The van der Waals surface area contributed by atoms with Crippen LogP contribution in [0.1, 0.15) is 22.1 Å². The maximum atomic E-state index is 13.7. The zero-order chi connectivity index (χ0) is 22.9. The van der Waals surface area contributed by atoms with Crippen molar-refractivity contribution in [1.29, 1.82) is 0 Å². The van der Waals surface area contributed by atoms with Crippen LogP contribution < -0.4 is 0 Å². The zero-order valence-electron chi connectivity index (χ0n) is 16.8. The summed E-state index contributed by atoms with van der Waals surface area (Å²) < 4.78 is 28.6. The number of thiophene rings is 1. The van der Waals surface area contributed by atoms with Crippen molar-refractivity contribution >= 4 is 49.8 Å². The Morgan fingerprint density at radius 1 is 1.22 bits per heavy atom. The van der Waals surface area contributed by atoms with E-state index in [1.54, 1.807) is 36.7 Å². The van der Waals surface area contributed by atoms with Crippen molar-refractivity contribution in [2.24, 2.45) is 0 Å². The molecular formula is C23H19ClN2O4S2. The van der Waals surface area contributed by atoms with E-state index in [9.17, 15) is 13.2 Å². The average molecular weight is 487 g/mol. The monoisotopic (exact) mass is 486 g/mol. The first-order chi connectivity index (χ1) is 15.3. The first-order valence-electron chi connectivity index (χ1n) is 9.69. The number of fused-ring (bicyclic) bond motifs is 1. The molecule has 4 rings (SSSR count). The molecule has 0 aliphatic carbocycles. The molecule has 164 valence electrons. The van der Waals surface area contributed by atoms with Crippen LogP contribution in [0.3, 0.4) is 0 Å². The molecule has 0 aliphatic heterocycles. The van der Waals surface area contributed by atoms with Crippen LogP contribution in [0.5, 0.6) is 0 Å². The number of hydrogen-bond acceptors (Lipinski definition) is 5. The Kier molecular flexibility index (Phi) is 6.19. The van der Waals surface area contributed by atoms with Gasteiger partial charge in [0.15, 0.2) is 0 Å². The van der Waals surface area contributed by atoms with Crippen LogP contribution in [0.4, 0.5) is 0 Å². The molecule has 1 unspecified atom stereocenters. The van der Waals surface area contributed by atoms with E-state index < -0.39 is 21.2 Å². The number of aliphatic carboxylic acids is 1. The molecule has 3 aromatic heterocycles. The standard InChI is InChI=1S/C23H19ClN2O4S2/c1-2-22(21-7-6-20(31-21)15-9-11-25-12-10-15)32(29,30)26-14-16(3-8-23(27)28)18-13-17(24)4-5-19(18)26/h2,4-7,9-14,22H,1,3,8H2,(H,27,28). The fraction of sp³-hybridized carbons (Fsp3) is 0.130. The van der Waals surface area contributed by atoms with Crippen LogP contribution >= 0.6 is 22.9 Å². The minimum atomic E-state index is -3.92. The number of hydrogen-bond donors (Lipinski definition) is 1. The van der Waals surface area contributed by atoms with Crippen molar-refractivity contribution in [3.8, 4) is 10.4 Å². The van der Waals surface area contributed by atoms with Gasteiger partial charge in [-0.25, -0.2) is 12.4 Å². The number of carboxylic acid groups (broad SMARTS) is 1. The van der Waals surface area contributed by atoms with E-state index in [0.29, 0.717) is 26.4 Å². The van der Waals surface area contributed by atoms with E-state index in [-0.39, 0.29) is 12.8 Å². The summed E-state index contributed by atoms with van der Waals surface area (Å²) in [6.45, 7) is 3.78. The first kappa shape index (κ1) is 22.3. The van der Waals surface area contributed by atoms with Gasteiger partial charge in [-0.15, -0.1) is 17.9 Å². The highest BCUT2D eigenvalue weighted by Crippen LogP contribution is 2.37. The van der Waals surface area contributed by atoms with Crippen LogP contribution in [-0.2, 0) is 21.2 Å². The fourth-order valence-corrected chi connectivity index (χ4v) is 6.81. The van der Waals surface area contributed by atoms with Gasteiger partial charge in [-0.05, 0) is 60.0 Å². The van der Waals surface area contributed by atoms with E-state index in [0.717, 1.165) is 10.4 Å². The lowest BCUT2D eigenvalue weighted by molar-refractivity contribution is -0.136. The molecule has 0 fully saturated rings. The summed E-state index contributed by atoms with van der Waals surface area (Å²) >= 11 is 7.51. The Labute approximate surface area is 194 Å². The third-order valence-electron chi connectivity index (χ3n) is 5.10. The lowest BCUT2D eigenvalue weighted by Gasteiger charge is -2.14. The molecule has 1 aromatic carbocycles. The number of carbonyl (C=O) groups is 1. The normalized spacial score (nSPS) is 12.7. The summed E-state index contributed by atoms with van der Waals surface area (Å²) in [6.07, 6.45) is 6.36. The molecule has 0 amide bonds. The Morgan fingerprint density at radius 2 is 1.97 bits per heavy atom. The van der Waals surface area contributed by atoms with Gasteiger partial charge in [-0.1, -0.05) is 17.7 Å². The van der Waals surface area contributed by atoms with Gasteiger partial charge in [-0.3, -0.25) is 9.78 Å². The van der Waals surface area contributed by atoms with E-state index in [1.165, 1.54) is 27.6 Å². The summed E-state index contributed by atoms with van der Waals surface area (Å²) in [4.78, 5) is 16.6. The second kappa shape index (κ2) is 8.90. The van der Waals surface area contributed by atoms with Gasteiger partial charge in [0.05, 0.1) is 5.52 Å². The number of halogens is 1. The molecule has 6 nitrogen and oxygen atoms in total. The minimum Gasteiger partial charge on any atom is -0.481 e. The molecule has 1 atom stereocenters. The smallest absolute Gasteiger partial charge is 0.303 e. The van der Waals surface area contributed by atoms with Gasteiger partial charge in [0, 0.05) is 45.2 Å². The first-order valence-corrected chi connectivity index (χ1v) is 12.4. The quantitative estimate of drug-likeness (QED) is 0.330. The number of rotatable bonds is 8. The van der Waals surface area contributed by atoms with Gasteiger partial charge in [-0.2, -0.15) is 0 Å². The van der Waals surface area contributed by atoms with Gasteiger partial charge in [0.25, 0.3) is 10.0 Å². The van der Waals surface area contributed by atoms with Crippen LogP contribution in [-0.4, -0.2) is 28.5 Å². The molecule has 4 aromatic rings. The van der Waals surface area contributed by atoms with E-state index in [1.807, 2.05) is 18.2 Å². The third kappa shape index (κ3) is 4.21. The number of carboxylic acids is 1. The second-order valence-corrected chi connectivity index (χ2v) is 10.6. The fourth-order valence-electron chi connectivity index (χ4n) is 3.57. The molecule has 0 spiro atoms. The van der Waals surface area contributed by atoms with Crippen molar-refractivity contribution in [2.75, 3.05) is 0 Å². The van der Waals surface area contributed by atoms with Crippen LogP contribution in [0, 0.1) is 0 Å². The minimum absolute atomic E-state index is 0.114. The van der Waals surface area contributed by atoms with Crippen molar-refractivity contribution < 1.29 is 18.3 Å². The highest BCUT2D eigenvalue weighted by Gasteiger charge is 2.30. The molecule has 32 heavy (non-hydrogen) atoms. The average Bonchev–Trinajstić information content (AvgIpc) is 3.38. The molecule has 0 radical (unpaired) electrons. The lowest BCUT2D eigenvalue weighted by atomic mass is 10.1. The summed E-state index contributed by atoms with van der Waals surface area (Å²) in [7, 11) is -3.92. The predicted octanol–water partition coefficient (Wildman–Crippen LogP) is 5.54. The molecule has 9 heteroatoms. The van der Waals surface area contributed by atoms with Crippen LogP contribution in [0.25, 0.3) is 21.3 Å². The van der Waals surface area contributed by atoms with Crippen molar-refractivity contribution in [3.05, 3.63) is 89.2 Å². The molecule has 0 bridgehead atoms. The van der Waals surface area contributed by atoms with Crippen molar-refractivity contribution in [3.63, 3.8) is 0 Å². The summed E-state index contributed by atoms with van der Waals surface area (Å²) in [6, 6.07) is 12.3. The number of nitrogens with zero attached hydrogens (tertiary/aromatic N) is 2. The topological polar surface area (TPSA) is 89.3 Å². The third-order valence-corrected chi connectivity index (χ3v) is 8.64. The van der Waals surface area contributed by atoms with Crippen molar-refractivity contribution in [1.82, 2.24) is 8.96 Å². The molecule has 1 N–H and O–H groups in total. The highest BCUT2D eigenvalue weighted by molar-refractivity contribution is 7.90. The Bertz CT molecular complexity index is 1410. The second-order valence-electron chi connectivity index (χ2n) is 7.14. The maximum Gasteiger partial charge on any atom is 0.303 e. The Balaban J connectivity index is 1.79. The molecule has 0 aliphatic rings. The molecule has 3 heterocycles. The van der Waals surface area contributed by atoms with E-state index in [2.05, 4.69) is 11.6 Å². The number of aryl methyl sites for hydroxylation is 1. The summed E-state index contributed by atoms with van der Waals surface area (Å²) in [5, 5.41) is 9.17. The Morgan fingerprint density at radius 3 is 2.66 bits per heavy atom. The van der Waals surface area contributed by atoms with Gasteiger partial charge in [0.1, 0.15) is 5.25 Å². The maximum absolute atomic E-state index is 13.7. The summed E-state index contributed by atoms with van der Waals surface area (Å²) in [5.41, 5.74) is 2.01. The van der Waals surface area contributed by atoms with E-state index in [4.69, 9.17) is 16.7 Å². The number of benzene rings is 1. The SMILES string of the molecule is C=CC(c1ccc(-c2ccncc2)s1)S(=O)(=O)n1cc(CCC(=O)O)c2cc(Cl)ccc21. The van der Waals surface area contributed by atoms with Gasteiger partial charge < -0.3 is 5.11 Å². The highest BCUT2D eigenvalue weighted by atomic mass is 35.5. The molecule has 0 saturated heterocycles. The van der Waals surface area contributed by atoms with Gasteiger partial charge in [0.2, 0.25) is 0 Å². The van der Waals surface area contributed by atoms with Crippen molar-refractivity contribution in [2.45, 2.75) is 18.1 Å². The Hall–Kier alpha value is -2.94. The van der Waals surface area contributed by atoms with Crippen LogP contribution in [0.2, 0.25) is 5.02 Å². The number of pyridine rings is 1. The van der Waals surface area contributed by atoms with E-state index >= 15 is 0 Å². The largest absolute Gasteiger partial charge is 0.481 e. The number of aromatic nitrogens is 2. The zero-order valence-corrected chi connectivity index (χ0v) is 19.2. The molecular weight excluding hydrogens is 468 g/mol. The summed E-state index contributed by atoms with van der Waals surface area (Å²) in [5.74, 6) is -0.956. The van der Waals surface area contributed by atoms with Crippen LogP contribution in [0.15, 0.2) is 73.7 Å². The van der Waals surface area contributed by atoms with Gasteiger partial charge >= 0.3 is 5.97 Å².